The first kappa shape index (κ1) is 17.0. The molecule has 1 aromatic carbocycles. The molecule has 0 radical (unpaired) electrons. The van der Waals surface area contributed by atoms with Crippen molar-refractivity contribution in [3.63, 3.8) is 0 Å². The van der Waals surface area contributed by atoms with Crippen molar-refractivity contribution < 1.29 is 18.5 Å². The van der Waals surface area contributed by atoms with Gasteiger partial charge in [-0.15, -0.1) is 0 Å². The van der Waals surface area contributed by atoms with Gasteiger partial charge in [0.25, 0.3) is 5.91 Å². The third kappa shape index (κ3) is 3.18. The van der Waals surface area contributed by atoms with E-state index in [0.717, 1.165) is 0 Å². The van der Waals surface area contributed by atoms with E-state index in [1.165, 1.54) is 12.1 Å². The average molecular weight is 307 g/mol. The van der Waals surface area contributed by atoms with Crippen molar-refractivity contribution in [1.82, 2.24) is 5.32 Å². The van der Waals surface area contributed by atoms with Crippen molar-refractivity contribution in [3.8, 4) is 0 Å². The Morgan fingerprint density at radius 2 is 1.73 bits per heavy atom. The second-order valence-electron chi connectivity index (χ2n) is 6.96. The third-order valence-electron chi connectivity index (χ3n) is 4.18. The van der Waals surface area contributed by atoms with Gasteiger partial charge in [0, 0.05) is 6.04 Å². The predicted octanol–water partition coefficient (Wildman–Crippen LogP) is 2.26. The molecule has 0 unspecified atom stereocenters. The van der Waals surface area contributed by atoms with Crippen LogP contribution in [0.2, 0.25) is 0 Å². The average Bonchev–Trinajstić information content (AvgIpc) is 2.57. The maximum Gasteiger partial charge on any atom is 0.494 e. The molecule has 0 aromatic heterocycles. The lowest BCUT2D eigenvalue weighted by molar-refractivity contribution is 0.00578. The molecule has 6 heteroatoms. The summed E-state index contributed by atoms with van der Waals surface area (Å²) < 4.78 is 26.0. The Morgan fingerprint density at radius 1 is 1.18 bits per heavy atom. The van der Waals surface area contributed by atoms with Gasteiger partial charge in [0.2, 0.25) is 0 Å². The summed E-state index contributed by atoms with van der Waals surface area (Å²) >= 11 is 0. The van der Waals surface area contributed by atoms with Gasteiger partial charge < -0.3 is 14.6 Å². The summed E-state index contributed by atoms with van der Waals surface area (Å²) in [4.78, 5) is 11.9. The van der Waals surface area contributed by atoms with Crippen LogP contribution in [0.25, 0.3) is 0 Å². The number of amides is 1. The molecule has 1 saturated heterocycles. The van der Waals surface area contributed by atoms with Crippen LogP contribution in [0.1, 0.15) is 51.9 Å². The van der Waals surface area contributed by atoms with Gasteiger partial charge in [-0.25, -0.2) is 4.39 Å². The molecule has 4 nitrogen and oxygen atoms in total. The van der Waals surface area contributed by atoms with Crippen LogP contribution in [0.4, 0.5) is 4.39 Å². The van der Waals surface area contributed by atoms with Crippen LogP contribution in [-0.4, -0.2) is 30.3 Å². The van der Waals surface area contributed by atoms with Crippen molar-refractivity contribution in [2.24, 2.45) is 0 Å². The van der Waals surface area contributed by atoms with E-state index in [1.54, 1.807) is 6.07 Å². The normalized spacial score (nSPS) is 19.5. The van der Waals surface area contributed by atoms with Crippen molar-refractivity contribution in [2.75, 3.05) is 0 Å². The number of rotatable bonds is 3. The van der Waals surface area contributed by atoms with Gasteiger partial charge in [-0.2, -0.15) is 0 Å². The topological polar surface area (TPSA) is 47.6 Å². The lowest BCUT2D eigenvalue weighted by Gasteiger charge is -2.32. The molecule has 2 rings (SSSR count). The fourth-order valence-corrected chi connectivity index (χ4v) is 2.18. The zero-order valence-electron chi connectivity index (χ0n) is 14.0. The summed E-state index contributed by atoms with van der Waals surface area (Å²) in [5.74, 6) is -1.00. The highest BCUT2D eigenvalue weighted by molar-refractivity contribution is 6.62. The molecule has 1 aromatic rings. The smallest absolute Gasteiger partial charge is 0.399 e. The molecule has 1 N–H and O–H groups in total. The quantitative estimate of drug-likeness (QED) is 0.872. The molecule has 1 aliphatic rings. The minimum atomic E-state index is -0.637. The Hall–Kier alpha value is -1.40. The van der Waals surface area contributed by atoms with Crippen molar-refractivity contribution in [2.45, 2.75) is 58.8 Å². The van der Waals surface area contributed by atoms with Crippen LogP contribution in [0, 0.1) is 5.82 Å². The molecule has 0 spiro atoms. The molecular formula is C16H23BFNO3. The summed E-state index contributed by atoms with van der Waals surface area (Å²) in [6.07, 6.45) is 0. The largest absolute Gasteiger partial charge is 0.494 e. The standard InChI is InChI=1S/C16H23BFNO3/c1-10(2)19-14(20)12-8-7-11(9-13(12)18)17-21-15(3,4)16(5,6)22-17/h7-10H,1-6H3,(H,19,20). The maximum atomic E-state index is 14.2. The summed E-state index contributed by atoms with van der Waals surface area (Å²) in [7, 11) is -0.637. The van der Waals surface area contributed by atoms with E-state index < -0.39 is 30.0 Å². The van der Waals surface area contributed by atoms with Crippen LogP contribution in [-0.2, 0) is 9.31 Å². The SMILES string of the molecule is CC(C)NC(=O)c1ccc(B2OC(C)(C)C(C)(C)O2)cc1F. The van der Waals surface area contributed by atoms with Crippen LogP contribution >= 0.6 is 0 Å². The molecule has 22 heavy (non-hydrogen) atoms. The van der Waals surface area contributed by atoms with Crippen molar-refractivity contribution >= 4 is 18.5 Å². The van der Waals surface area contributed by atoms with Crippen molar-refractivity contribution in [3.05, 3.63) is 29.6 Å². The number of benzene rings is 1. The molecular weight excluding hydrogens is 284 g/mol. The number of hydrogen-bond donors (Lipinski definition) is 1. The highest BCUT2D eigenvalue weighted by Gasteiger charge is 2.51. The van der Waals surface area contributed by atoms with Gasteiger partial charge >= 0.3 is 7.12 Å². The Kier molecular flexibility index (Phi) is 4.37. The van der Waals surface area contributed by atoms with Gasteiger partial charge in [0.15, 0.2) is 0 Å². The first-order valence-electron chi connectivity index (χ1n) is 7.49. The molecule has 0 bridgehead atoms. The van der Waals surface area contributed by atoms with E-state index in [1.807, 2.05) is 41.5 Å². The van der Waals surface area contributed by atoms with E-state index >= 15 is 0 Å². The van der Waals surface area contributed by atoms with Gasteiger partial charge in [0.05, 0.1) is 16.8 Å². The monoisotopic (exact) mass is 307 g/mol. The van der Waals surface area contributed by atoms with E-state index in [4.69, 9.17) is 9.31 Å². The summed E-state index contributed by atoms with van der Waals surface area (Å²) in [6, 6.07) is 4.39. The molecule has 1 aliphatic heterocycles. The summed E-state index contributed by atoms with van der Waals surface area (Å²) in [5, 5.41) is 2.67. The van der Waals surface area contributed by atoms with Gasteiger partial charge in [-0.05, 0) is 59.1 Å². The van der Waals surface area contributed by atoms with Gasteiger partial charge in [-0.3, -0.25) is 4.79 Å². The van der Waals surface area contributed by atoms with Crippen LogP contribution in [0.5, 0.6) is 0 Å². The number of hydrogen-bond acceptors (Lipinski definition) is 3. The highest BCUT2D eigenvalue weighted by Crippen LogP contribution is 2.36. The van der Waals surface area contributed by atoms with Crippen LogP contribution in [0.15, 0.2) is 18.2 Å². The second-order valence-corrected chi connectivity index (χ2v) is 6.96. The molecule has 1 fully saturated rings. The number of carbonyl (C=O) groups is 1. The molecule has 0 saturated carbocycles. The number of carbonyl (C=O) groups excluding carboxylic acids is 1. The fraction of sp³-hybridized carbons (Fsp3) is 0.562. The lowest BCUT2D eigenvalue weighted by atomic mass is 9.78. The fourth-order valence-electron chi connectivity index (χ4n) is 2.18. The Balaban J connectivity index is 2.22. The van der Waals surface area contributed by atoms with Gasteiger partial charge in [0.1, 0.15) is 5.82 Å². The highest BCUT2D eigenvalue weighted by atomic mass is 19.1. The number of halogens is 1. The first-order valence-corrected chi connectivity index (χ1v) is 7.49. The van der Waals surface area contributed by atoms with E-state index in [2.05, 4.69) is 5.32 Å². The Morgan fingerprint density at radius 3 is 2.18 bits per heavy atom. The molecule has 0 atom stereocenters. The zero-order valence-corrected chi connectivity index (χ0v) is 14.0. The van der Waals surface area contributed by atoms with Crippen molar-refractivity contribution in [1.29, 1.82) is 0 Å². The Labute approximate surface area is 131 Å². The van der Waals surface area contributed by atoms with E-state index in [-0.39, 0.29) is 11.6 Å². The first-order chi connectivity index (χ1) is 10.0. The maximum absolute atomic E-state index is 14.2. The molecule has 120 valence electrons. The minimum absolute atomic E-state index is 0.0222. The molecule has 1 heterocycles. The van der Waals surface area contributed by atoms with Gasteiger partial charge in [-0.1, -0.05) is 6.07 Å². The Bertz CT molecular complexity index is 571. The zero-order chi connectivity index (χ0) is 16.7. The van der Waals surface area contributed by atoms with E-state index in [0.29, 0.717) is 5.46 Å². The number of nitrogens with one attached hydrogen (secondary N) is 1. The third-order valence-corrected chi connectivity index (χ3v) is 4.18. The van der Waals surface area contributed by atoms with Crippen LogP contribution in [0.3, 0.4) is 0 Å². The van der Waals surface area contributed by atoms with Crippen LogP contribution < -0.4 is 10.8 Å². The predicted molar refractivity (Wildman–Crippen MR) is 84.7 cm³/mol. The minimum Gasteiger partial charge on any atom is -0.399 e. The summed E-state index contributed by atoms with van der Waals surface area (Å²) in [6.45, 7) is 11.4. The summed E-state index contributed by atoms with van der Waals surface area (Å²) in [5.41, 5.74) is -0.380. The van der Waals surface area contributed by atoms with E-state index in [9.17, 15) is 9.18 Å². The molecule has 0 aliphatic carbocycles. The second kappa shape index (κ2) is 5.67. The molecule has 1 amide bonds. The lowest BCUT2D eigenvalue weighted by Crippen LogP contribution is -2.41.